The van der Waals surface area contributed by atoms with E-state index in [1.54, 1.807) is 0 Å². The van der Waals surface area contributed by atoms with Crippen molar-refractivity contribution in [2.75, 3.05) is 17.2 Å². The third-order valence-corrected chi connectivity index (χ3v) is 6.68. The Balaban J connectivity index is 1.81. The Hall–Kier alpha value is -2.96. The molecule has 0 amide bonds. The molecule has 0 aliphatic carbocycles. The van der Waals surface area contributed by atoms with Crippen LogP contribution in [0, 0.1) is 13.8 Å². The summed E-state index contributed by atoms with van der Waals surface area (Å²) < 4.78 is 35.7. The number of fused-ring (bicyclic) bond motifs is 2. The average Bonchev–Trinajstić information content (AvgIpc) is 2.74. The molecule has 0 saturated heterocycles. The van der Waals surface area contributed by atoms with E-state index >= 15 is 0 Å². The van der Waals surface area contributed by atoms with Crippen LogP contribution in [-0.4, -0.2) is 25.3 Å². The number of pyridine rings is 1. The second-order valence-corrected chi connectivity index (χ2v) is 9.77. The summed E-state index contributed by atoms with van der Waals surface area (Å²) in [7, 11) is -4.25. The van der Waals surface area contributed by atoms with Crippen LogP contribution in [0.15, 0.2) is 60.3 Å². The number of benzene rings is 2. The van der Waals surface area contributed by atoms with Crippen LogP contribution in [-0.2, 0) is 16.7 Å². The van der Waals surface area contributed by atoms with Crippen molar-refractivity contribution in [2.45, 2.75) is 33.7 Å². The highest BCUT2D eigenvalue weighted by Crippen LogP contribution is 2.32. The van der Waals surface area contributed by atoms with Crippen LogP contribution in [0.4, 0.5) is 5.69 Å². The summed E-state index contributed by atoms with van der Waals surface area (Å²) in [6.45, 7) is 7.56. The second-order valence-electron chi connectivity index (χ2n) is 8.25. The molecule has 1 aliphatic heterocycles. The highest BCUT2D eigenvalue weighted by atomic mass is 32.2. The molecule has 32 heavy (non-hydrogen) atoms. The average molecular weight is 449 g/mol. The zero-order chi connectivity index (χ0) is 22.9. The van der Waals surface area contributed by atoms with Gasteiger partial charge in [0.1, 0.15) is 0 Å². The molecule has 0 radical (unpaired) electrons. The van der Waals surface area contributed by atoms with Crippen molar-refractivity contribution in [2.24, 2.45) is 0 Å². The maximum Gasteiger partial charge on any atom is 0.215 e. The minimum absolute atomic E-state index is 0.273. The lowest BCUT2D eigenvalue weighted by Gasteiger charge is -2.29. The standard InChI is InChI=1S/C26H28N2O3S/c1-4-27-23(13-11-22-17-19(2)9-14-25(22)27)18-24-12-10-21-8-5-7-20(3)26(21)28(24)15-6-16-32(29,30)31/h5,7-14,17-18H,4,6,15-16H2,1-3H3. The number of rotatable bonds is 6. The molecule has 0 N–H and O–H groups in total. The van der Waals surface area contributed by atoms with Gasteiger partial charge in [-0.1, -0.05) is 29.8 Å². The number of hydrogen-bond donors (Lipinski definition) is 0. The monoisotopic (exact) mass is 448 g/mol. The predicted molar refractivity (Wildman–Crippen MR) is 129 cm³/mol. The van der Waals surface area contributed by atoms with Gasteiger partial charge in [-0.25, -0.2) is 8.42 Å². The van der Waals surface area contributed by atoms with Crippen LogP contribution in [0.3, 0.4) is 0 Å². The topological polar surface area (TPSA) is 64.3 Å². The molecule has 0 spiro atoms. The number of anilines is 1. The van der Waals surface area contributed by atoms with E-state index in [1.165, 1.54) is 16.8 Å². The first-order chi connectivity index (χ1) is 15.3. The fraction of sp³-hybridized carbons (Fsp3) is 0.269. The molecule has 0 atom stereocenters. The van der Waals surface area contributed by atoms with Crippen LogP contribution in [0.2, 0.25) is 0 Å². The Morgan fingerprint density at radius 2 is 1.88 bits per heavy atom. The molecular weight excluding hydrogens is 420 g/mol. The van der Waals surface area contributed by atoms with E-state index in [-0.39, 0.29) is 12.2 Å². The van der Waals surface area contributed by atoms with Crippen LogP contribution in [0.5, 0.6) is 0 Å². The molecule has 0 saturated carbocycles. The lowest BCUT2D eigenvalue weighted by atomic mass is 10.0. The molecule has 2 heterocycles. The van der Waals surface area contributed by atoms with Gasteiger partial charge >= 0.3 is 0 Å². The summed E-state index contributed by atoms with van der Waals surface area (Å²) in [4.78, 5) is 2.28. The molecule has 6 heteroatoms. The number of nitrogens with zero attached hydrogens (tertiary/aromatic N) is 2. The first-order valence-electron chi connectivity index (χ1n) is 10.9. The molecule has 3 aromatic rings. The maximum atomic E-state index is 11.2. The van der Waals surface area contributed by atoms with Crippen LogP contribution in [0.1, 0.15) is 35.7 Å². The number of allylic oxidation sites excluding steroid dienone is 1. The summed E-state index contributed by atoms with van der Waals surface area (Å²) in [5.41, 5.74) is 7.82. The van der Waals surface area contributed by atoms with E-state index in [2.05, 4.69) is 90.9 Å². The Labute approximate surface area is 190 Å². The molecule has 5 nitrogen and oxygen atoms in total. The van der Waals surface area contributed by atoms with Crippen molar-refractivity contribution in [3.8, 4) is 0 Å². The molecule has 166 valence electrons. The minimum Gasteiger partial charge on any atom is -0.748 e. The summed E-state index contributed by atoms with van der Waals surface area (Å²) in [5.74, 6) is -0.369. The van der Waals surface area contributed by atoms with Gasteiger partial charge in [0.05, 0.1) is 10.1 Å². The smallest absolute Gasteiger partial charge is 0.215 e. The number of para-hydroxylation sites is 1. The lowest BCUT2D eigenvalue weighted by molar-refractivity contribution is -0.673. The Kier molecular flexibility index (Phi) is 6.17. The van der Waals surface area contributed by atoms with Gasteiger partial charge in [-0.3, -0.25) is 0 Å². The minimum atomic E-state index is -4.25. The molecule has 1 aromatic heterocycles. The highest BCUT2D eigenvalue weighted by molar-refractivity contribution is 7.85. The quantitative estimate of drug-likeness (QED) is 0.409. The summed E-state index contributed by atoms with van der Waals surface area (Å²) in [6, 6.07) is 16.8. The third kappa shape index (κ3) is 4.61. The van der Waals surface area contributed by atoms with Gasteiger partial charge in [0.2, 0.25) is 11.2 Å². The van der Waals surface area contributed by atoms with Gasteiger partial charge in [-0.2, -0.15) is 4.57 Å². The number of aromatic nitrogens is 1. The molecule has 4 rings (SSSR count). The zero-order valence-electron chi connectivity index (χ0n) is 18.7. The zero-order valence-corrected chi connectivity index (χ0v) is 19.5. The van der Waals surface area contributed by atoms with E-state index in [0.29, 0.717) is 6.54 Å². The van der Waals surface area contributed by atoms with E-state index in [9.17, 15) is 13.0 Å². The summed E-state index contributed by atoms with van der Waals surface area (Å²) in [6.07, 6.45) is 6.68. The molecule has 0 bridgehead atoms. The predicted octanol–water partition coefficient (Wildman–Crippen LogP) is 4.57. The Bertz CT molecular complexity index is 1340. The van der Waals surface area contributed by atoms with Crippen molar-refractivity contribution in [1.82, 2.24) is 0 Å². The van der Waals surface area contributed by atoms with Crippen molar-refractivity contribution >= 4 is 38.9 Å². The summed E-state index contributed by atoms with van der Waals surface area (Å²) >= 11 is 0. The maximum absolute atomic E-state index is 11.2. The van der Waals surface area contributed by atoms with Gasteiger partial charge in [0.25, 0.3) is 0 Å². The Morgan fingerprint density at radius 1 is 1.06 bits per heavy atom. The highest BCUT2D eigenvalue weighted by Gasteiger charge is 2.21. The number of likely N-dealkylation sites (N-methyl/N-ethyl adjacent to an activating group) is 1. The second kappa shape index (κ2) is 8.88. The number of aryl methyl sites for hydroxylation is 3. The normalized spacial score (nSPS) is 14.9. The summed E-state index contributed by atoms with van der Waals surface area (Å²) in [5, 5.41) is 1.09. The van der Waals surface area contributed by atoms with E-state index in [1.807, 2.05) is 6.07 Å². The fourth-order valence-electron chi connectivity index (χ4n) is 4.43. The number of hydrogen-bond acceptors (Lipinski definition) is 4. The van der Waals surface area contributed by atoms with Crippen molar-refractivity contribution in [3.63, 3.8) is 0 Å². The van der Waals surface area contributed by atoms with Crippen molar-refractivity contribution in [3.05, 3.63) is 82.7 Å². The lowest BCUT2D eigenvalue weighted by Crippen LogP contribution is -2.39. The van der Waals surface area contributed by atoms with Crippen molar-refractivity contribution < 1.29 is 17.5 Å². The first-order valence-corrected chi connectivity index (χ1v) is 12.5. The van der Waals surface area contributed by atoms with Crippen LogP contribution in [0.25, 0.3) is 23.1 Å². The van der Waals surface area contributed by atoms with E-state index in [4.69, 9.17) is 0 Å². The van der Waals surface area contributed by atoms with Crippen LogP contribution < -0.4 is 9.47 Å². The fourth-order valence-corrected chi connectivity index (χ4v) is 4.92. The van der Waals surface area contributed by atoms with Gasteiger partial charge < -0.3 is 9.45 Å². The first kappa shape index (κ1) is 22.2. The van der Waals surface area contributed by atoms with Gasteiger partial charge in [0, 0.05) is 53.2 Å². The Morgan fingerprint density at radius 3 is 2.62 bits per heavy atom. The molecule has 1 aliphatic rings. The largest absolute Gasteiger partial charge is 0.748 e. The molecular formula is C26H28N2O3S. The van der Waals surface area contributed by atoms with Crippen molar-refractivity contribution in [1.29, 1.82) is 0 Å². The van der Waals surface area contributed by atoms with Gasteiger partial charge in [-0.15, -0.1) is 0 Å². The van der Waals surface area contributed by atoms with Gasteiger partial charge in [-0.05, 0) is 56.7 Å². The van der Waals surface area contributed by atoms with Gasteiger partial charge in [0.15, 0.2) is 6.54 Å². The SMILES string of the molecule is CCN1/C(=C/c2ccc3cccc(C)c3[n+]2CCCS(=O)(=O)[O-])C=Cc2cc(C)ccc21. The third-order valence-electron chi connectivity index (χ3n) is 5.89. The molecule has 2 aromatic carbocycles. The molecule has 0 fully saturated rings. The van der Waals surface area contributed by atoms with E-state index < -0.39 is 10.1 Å². The van der Waals surface area contributed by atoms with Crippen LogP contribution >= 0.6 is 0 Å². The molecule has 0 unspecified atom stereocenters. The van der Waals surface area contributed by atoms with E-state index in [0.717, 1.165) is 34.4 Å².